The Bertz CT molecular complexity index is 424. The van der Waals surface area contributed by atoms with E-state index in [0.717, 1.165) is 0 Å². The number of nitrogens with one attached hydrogen (secondary N) is 1. The summed E-state index contributed by atoms with van der Waals surface area (Å²) in [5, 5.41) is 1.36. The van der Waals surface area contributed by atoms with Gasteiger partial charge in [0, 0.05) is 17.1 Å². The van der Waals surface area contributed by atoms with E-state index in [-0.39, 0.29) is 0 Å². The number of hydrogen-bond donors (Lipinski definition) is 1. The number of aromatic nitrogens is 1. The van der Waals surface area contributed by atoms with Crippen molar-refractivity contribution >= 4 is 10.9 Å². The van der Waals surface area contributed by atoms with Crippen molar-refractivity contribution < 1.29 is 0 Å². The summed E-state index contributed by atoms with van der Waals surface area (Å²) in [6.45, 7) is 6.57. The topological polar surface area (TPSA) is 15.8 Å². The molecule has 1 N–H and O–H groups in total. The fourth-order valence-corrected chi connectivity index (χ4v) is 1.74. The Morgan fingerprint density at radius 1 is 1.23 bits per heavy atom. The molecule has 1 aromatic heterocycles. The van der Waals surface area contributed by atoms with Gasteiger partial charge in [0.05, 0.1) is 0 Å². The van der Waals surface area contributed by atoms with Crippen LogP contribution in [0.4, 0.5) is 0 Å². The molecule has 0 aliphatic carbocycles. The van der Waals surface area contributed by atoms with Crippen LogP contribution in [-0.4, -0.2) is 4.98 Å². The van der Waals surface area contributed by atoms with Crippen LogP contribution in [0, 0.1) is 6.92 Å². The van der Waals surface area contributed by atoms with Crippen LogP contribution >= 0.6 is 0 Å². The molecule has 1 heteroatoms. The summed E-state index contributed by atoms with van der Waals surface area (Å²) in [6, 6.07) is 6.57. The van der Waals surface area contributed by atoms with Gasteiger partial charge in [0.1, 0.15) is 0 Å². The third-order valence-corrected chi connectivity index (χ3v) is 2.49. The van der Waals surface area contributed by atoms with Gasteiger partial charge in [-0.15, -0.1) is 0 Å². The minimum absolute atomic E-state index is 0.594. The van der Waals surface area contributed by atoms with Crippen LogP contribution in [0.25, 0.3) is 10.9 Å². The summed E-state index contributed by atoms with van der Waals surface area (Å²) in [5.74, 6) is 0.594. The lowest BCUT2D eigenvalue weighted by atomic mass is 10.0. The van der Waals surface area contributed by atoms with Crippen molar-refractivity contribution in [2.24, 2.45) is 0 Å². The average molecular weight is 173 g/mol. The zero-order valence-electron chi connectivity index (χ0n) is 8.39. The summed E-state index contributed by atoms with van der Waals surface area (Å²) in [5.41, 5.74) is 3.98. The molecule has 0 spiro atoms. The van der Waals surface area contributed by atoms with Crippen LogP contribution in [0.2, 0.25) is 0 Å². The normalized spacial score (nSPS) is 11.4. The monoisotopic (exact) mass is 173 g/mol. The van der Waals surface area contributed by atoms with E-state index < -0.39 is 0 Å². The summed E-state index contributed by atoms with van der Waals surface area (Å²) < 4.78 is 0. The molecule has 2 rings (SSSR count). The molecule has 68 valence electrons. The highest BCUT2D eigenvalue weighted by Crippen LogP contribution is 2.25. The SMILES string of the molecule is Cc1ccc2c(C(C)C)c[nH]c2c1. The van der Waals surface area contributed by atoms with Gasteiger partial charge in [-0.2, -0.15) is 0 Å². The summed E-state index contributed by atoms with van der Waals surface area (Å²) in [6.07, 6.45) is 2.12. The first-order chi connectivity index (χ1) is 6.18. The van der Waals surface area contributed by atoms with E-state index in [1.54, 1.807) is 0 Å². The zero-order valence-corrected chi connectivity index (χ0v) is 8.39. The van der Waals surface area contributed by atoms with Gasteiger partial charge in [0.15, 0.2) is 0 Å². The third-order valence-electron chi connectivity index (χ3n) is 2.49. The molecular weight excluding hydrogens is 158 g/mol. The van der Waals surface area contributed by atoms with Crippen molar-refractivity contribution in [2.75, 3.05) is 0 Å². The Labute approximate surface area is 78.8 Å². The van der Waals surface area contributed by atoms with Crippen molar-refractivity contribution in [2.45, 2.75) is 26.7 Å². The Kier molecular flexibility index (Phi) is 1.87. The predicted octanol–water partition coefficient (Wildman–Crippen LogP) is 3.60. The van der Waals surface area contributed by atoms with Crippen LogP contribution in [0.1, 0.15) is 30.9 Å². The molecular formula is C12H15N. The van der Waals surface area contributed by atoms with E-state index in [4.69, 9.17) is 0 Å². The second kappa shape index (κ2) is 2.91. The maximum absolute atomic E-state index is 3.31. The van der Waals surface area contributed by atoms with Gasteiger partial charge in [0.2, 0.25) is 0 Å². The average Bonchev–Trinajstić information content (AvgIpc) is 2.46. The first kappa shape index (κ1) is 8.36. The van der Waals surface area contributed by atoms with E-state index in [9.17, 15) is 0 Å². The Hall–Kier alpha value is -1.24. The summed E-state index contributed by atoms with van der Waals surface area (Å²) in [4.78, 5) is 3.31. The molecule has 0 bridgehead atoms. The van der Waals surface area contributed by atoms with Gasteiger partial charge in [-0.25, -0.2) is 0 Å². The highest BCUT2D eigenvalue weighted by molar-refractivity contribution is 5.84. The first-order valence-corrected chi connectivity index (χ1v) is 4.76. The summed E-state index contributed by atoms with van der Waals surface area (Å²) in [7, 11) is 0. The molecule has 2 aromatic rings. The maximum Gasteiger partial charge on any atom is 0.0459 e. The number of aryl methyl sites for hydroxylation is 1. The molecule has 0 fully saturated rings. The molecule has 0 amide bonds. The van der Waals surface area contributed by atoms with Crippen molar-refractivity contribution in [1.82, 2.24) is 4.98 Å². The molecule has 1 nitrogen and oxygen atoms in total. The van der Waals surface area contributed by atoms with Crippen LogP contribution in [-0.2, 0) is 0 Å². The molecule has 0 atom stereocenters. The zero-order chi connectivity index (χ0) is 9.42. The molecule has 0 saturated carbocycles. The van der Waals surface area contributed by atoms with E-state index in [2.05, 4.69) is 50.2 Å². The van der Waals surface area contributed by atoms with Gasteiger partial charge in [-0.3, -0.25) is 0 Å². The quantitative estimate of drug-likeness (QED) is 0.678. The van der Waals surface area contributed by atoms with Crippen molar-refractivity contribution in [3.63, 3.8) is 0 Å². The van der Waals surface area contributed by atoms with Crippen LogP contribution in [0.3, 0.4) is 0 Å². The van der Waals surface area contributed by atoms with Gasteiger partial charge >= 0.3 is 0 Å². The fraction of sp³-hybridized carbons (Fsp3) is 0.333. The molecule has 1 aromatic carbocycles. The lowest BCUT2D eigenvalue weighted by Gasteiger charge is -2.01. The number of aromatic amines is 1. The Balaban J connectivity index is 2.69. The lowest BCUT2D eigenvalue weighted by molar-refractivity contribution is 0.875. The van der Waals surface area contributed by atoms with Crippen LogP contribution < -0.4 is 0 Å². The van der Waals surface area contributed by atoms with Crippen molar-refractivity contribution in [3.8, 4) is 0 Å². The lowest BCUT2D eigenvalue weighted by Crippen LogP contribution is -1.83. The predicted molar refractivity (Wildman–Crippen MR) is 57.1 cm³/mol. The Morgan fingerprint density at radius 2 is 2.00 bits per heavy atom. The van der Waals surface area contributed by atoms with E-state index in [1.807, 2.05) is 0 Å². The number of benzene rings is 1. The van der Waals surface area contributed by atoms with Crippen LogP contribution in [0.5, 0.6) is 0 Å². The minimum Gasteiger partial charge on any atom is -0.361 e. The maximum atomic E-state index is 3.31. The fourth-order valence-electron chi connectivity index (χ4n) is 1.74. The van der Waals surface area contributed by atoms with Gasteiger partial charge in [0.25, 0.3) is 0 Å². The van der Waals surface area contributed by atoms with E-state index in [0.29, 0.717) is 5.92 Å². The van der Waals surface area contributed by atoms with E-state index in [1.165, 1.54) is 22.0 Å². The standard InChI is InChI=1S/C12H15N/c1-8(2)11-7-13-12-6-9(3)4-5-10(11)12/h4-8,13H,1-3H3. The molecule has 0 saturated heterocycles. The van der Waals surface area contributed by atoms with Gasteiger partial charge < -0.3 is 4.98 Å². The van der Waals surface area contributed by atoms with Gasteiger partial charge in [-0.05, 0) is 30.0 Å². The largest absolute Gasteiger partial charge is 0.361 e. The van der Waals surface area contributed by atoms with Crippen molar-refractivity contribution in [1.29, 1.82) is 0 Å². The molecule has 0 aliphatic rings. The van der Waals surface area contributed by atoms with E-state index >= 15 is 0 Å². The first-order valence-electron chi connectivity index (χ1n) is 4.76. The molecule has 1 heterocycles. The number of hydrogen-bond acceptors (Lipinski definition) is 0. The van der Waals surface area contributed by atoms with Crippen LogP contribution in [0.15, 0.2) is 24.4 Å². The number of H-pyrrole nitrogens is 1. The van der Waals surface area contributed by atoms with Gasteiger partial charge in [-0.1, -0.05) is 26.0 Å². The van der Waals surface area contributed by atoms with Crippen molar-refractivity contribution in [3.05, 3.63) is 35.5 Å². The Morgan fingerprint density at radius 3 is 2.69 bits per heavy atom. The highest BCUT2D eigenvalue weighted by Gasteiger charge is 2.06. The highest BCUT2D eigenvalue weighted by atomic mass is 14.7. The number of fused-ring (bicyclic) bond motifs is 1. The summed E-state index contributed by atoms with van der Waals surface area (Å²) >= 11 is 0. The molecule has 0 aliphatic heterocycles. The smallest absolute Gasteiger partial charge is 0.0459 e. The molecule has 0 unspecified atom stereocenters. The molecule has 13 heavy (non-hydrogen) atoms. The third kappa shape index (κ3) is 1.35. The second-order valence-corrected chi connectivity index (χ2v) is 3.95. The number of rotatable bonds is 1. The second-order valence-electron chi connectivity index (χ2n) is 3.95. The minimum atomic E-state index is 0.594. The molecule has 0 radical (unpaired) electrons.